The predicted octanol–water partition coefficient (Wildman–Crippen LogP) is 0.401. The number of nitrogens with one attached hydrogen (secondary N) is 1. The average molecular weight is 221 g/mol. The van der Waals surface area contributed by atoms with E-state index in [1.807, 2.05) is 4.90 Å². The monoisotopic (exact) mass is 221 g/mol. The van der Waals surface area contributed by atoms with Crippen molar-refractivity contribution in [3.8, 4) is 0 Å². The quantitative estimate of drug-likeness (QED) is 0.770. The van der Waals surface area contributed by atoms with Crippen LogP contribution >= 0.6 is 0 Å². The summed E-state index contributed by atoms with van der Waals surface area (Å²) < 4.78 is 0. The molecule has 0 atom stereocenters. The van der Waals surface area contributed by atoms with E-state index in [9.17, 15) is 4.79 Å². The summed E-state index contributed by atoms with van der Waals surface area (Å²) in [6.07, 6.45) is 4.72. The molecular weight excluding hydrogens is 206 g/mol. The molecule has 6 nitrogen and oxygen atoms in total. The van der Waals surface area contributed by atoms with E-state index in [0.29, 0.717) is 12.0 Å². The maximum atomic E-state index is 12.1. The Kier molecular flexibility index (Phi) is 2.08. The number of hydrogen-bond acceptors (Lipinski definition) is 4. The number of nitrogen functional groups attached to an aromatic ring is 1. The molecule has 0 bridgehead atoms. The van der Waals surface area contributed by atoms with Gasteiger partial charge in [-0.2, -0.15) is 4.98 Å². The van der Waals surface area contributed by atoms with E-state index < -0.39 is 0 Å². The SMILES string of the molecule is Nc1n[nH]c(C(=O)N(CC2CC2)C2CC2)n1. The summed E-state index contributed by atoms with van der Waals surface area (Å²) in [5.74, 6) is 1.04. The van der Waals surface area contributed by atoms with Gasteiger partial charge in [0.25, 0.3) is 5.91 Å². The van der Waals surface area contributed by atoms with Gasteiger partial charge < -0.3 is 10.6 Å². The summed E-state index contributed by atoms with van der Waals surface area (Å²) in [5, 5.41) is 6.27. The van der Waals surface area contributed by atoms with Gasteiger partial charge in [0.05, 0.1) is 0 Å². The van der Waals surface area contributed by atoms with E-state index in [2.05, 4.69) is 15.2 Å². The summed E-state index contributed by atoms with van der Waals surface area (Å²) in [6.45, 7) is 0.865. The first-order valence-corrected chi connectivity index (χ1v) is 5.73. The standard InChI is InChI=1S/C10H15N5O/c11-10-12-8(13-14-10)9(16)15(7-3-4-7)5-6-1-2-6/h6-7H,1-5H2,(H3,11,12,13,14). The van der Waals surface area contributed by atoms with Crippen LogP contribution in [0.15, 0.2) is 0 Å². The molecule has 0 aromatic carbocycles. The van der Waals surface area contributed by atoms with Crippen LogP contribution in [0.25, 0.3) is 0 Å². The highest BCUT2D eigenvalue weighted by atomic mass is 16.2. The maximum Gasteiger partial charge on any atom is 0.291 e. The number of aromatic amines is 1. The Balaban J connectivity index is 1.74. The van der Waals surface area contributed by atoms with Gasteiger partial charge in [0.15, 0.2) is 0 Å². The highest BCUT2D eigenvalue weighted by molar-refractivity contribution is 5.91. The van der Waals surface area contributed by atoms with Gasteiger partial charge in [0.1, 0.15) is 0 Å². The summed E-state index contributed by atoms with van der Waals surface area (Å²) in [6, 6.07) is 0.416. The Morgan fingerprint density at radius 3 is 2.69 bits per heavy atom. The fraction of sp³-hybridized carbons (Fsp3) is 0.700. The van der Waals surface area contributed by atoms with E-state index >= 15 is 0 Å². The molecule has 3 rings (SSSR count). The molecular formula is C10H15N5O. The number of rotatable bonds is 4. The van der Waals surface area contributed by atoms with Crippen molar-refractivity contribution < 1.29 is 4.79 Å². The van der Waals surface area contributed by atoms with Crippen LogP contribution < -0.4 is 5.73 Å². The molecule has 1 amide bonds. The van der Waals surface area contributed by atoms with Crippen LogP contribution in [0.1, 0.15) is 36.3 Å². The molecule has 6 heteroatoms. The van der Waals surface area contributed by atoms with Gasteiger partial charge in [-0.15, -0.1) is 5.10 Å². The van der Waals surface area contributed by atoms with Gasteiger partial charge in [0, 0.05) is 12.6 Å². The van der Waals surface area contributed by atoms with Crippen LogP contribution in [0.2, 0.25) is 0 Å². The zero-order valence-corrected chi connectivity index (χ0v) is 9.02. The second-order valence-corrected chi connectivity index (χ2v) is 4.67. The fourth-order valence-corrected chi connectivity index (χ4v) is 1.87. The molecule has 1 aromatic rings. The zero-order valence-electron chi connectivity index (χ0n) is 9.02. The van der Waals surface area contributed by atoms with Crippen molar-refractivity contribution in [1.82, 2.24) is 20.1 Å². The second-order valence-electron chi connectivity index (χ2n) is 4.67. The maximum absolute atomic E-state index is 12.1. The second kappa shape index (κ2) is 3.47. The Labute approximate surface area is 93.2 Å². The van der Waals surface area contributed by atoms with Gasteiger partial charge in [-0.25, -0.2) is 0 Å². The smallest absolute Gasteiger partial charge is 0.291 e. The third-order valence-corrected chi connectivity index (χ3v) is 3.11. The molecule has 2 aliphatic rings. The minimum absolute atomic E-state index is 0.0569. The first kappa shape index (κ1) is 9.62. The third kappa shape index (κ3) is 1.87. The summed E-state index contributed by atoms with van der Waals surface area (Å²) in [5.41, 5.74) is 5.40. The highest BCUT2D eigenvalue weighted by Crippen LogP contribution is 2.35. The lowest BCUT2D eigenvalue weighted by Crippen LogP contribution is -2.35. The minimum atomic E-state index is -0.0569. The van der Waals surface area contributed by atoms with Crippen LogP contribution in [0.5, 0.6) is 0 Å². The average Bonchev–Trinajstić information content (AvgIpc) is 3.15. The molecule has 1 aromatic heterocycles. The van der Waals surface area contributed by atoms with E-state index in [1.165, 1.54) is 12.8 Å². The van der Waals surface area contributed by atoms with E-state index in [0.717, 1.165) is 19.4 Å². The predicted molar refractivity (Wildman–Crippen MR) is 57.6 cm³/mol. The van der Waals surface area contributed by atoms with Crippen molar-refractivity contribution in [2.45, 2.75) is 31.7 Å². The van der Waals surface area contributed by atoms with E-state index in [1.54, 1.807) is 0 Å². The summed E-state index contributed by atoms with van der Waals surface area (Å²) in [4.78, 5) is 18.0. The Bertz CT molecular complexity index is 407. The first-order valence-electron chi connectivity index (χ1n) is 5.73. The topological polar surface area (TPSA) is 87.9 Å². The van der Waals surface area contributed by atoms with Crippen molar-refractivity contribution in [3.63, 3.8) is 0 Å². The van der Waals surface area contributed by atoms with Gasteiger partial charge in [-0.1, -0.05) is 0 Å². The van der Waals surface area contributed by atoms with Crippen molar-refractivity contribution in [1.29, 1.82) is 0 Å². The molecule has 86 valence electrons. The van der Waals surface area contributed by atoms with E-state index in [-0.39, 0.29) is 17.7 Å². The molecule has 0 saturated heterocycles. The number of aromatic nitrogens is 3. The minimum Gasteiger partial charge on any atom is -0.366 e. The van der Waals surface area contributed by atoms with Crippen molar-refractivity contribution in [2.24, 2.45) is 5.92 Å². The molecule has 2 aliphatic carbocycles. The van der Waals surface area contributed by atoms with Crippen LogP contribution in [-0.4, -0.2) is 38.6 Å². The zero-order chi connectivity index (χ0) is 11.1. The lowest BCUT2D eigenvalue weighted by atomic mass is 10.3. The Morgan fingerprint density at radius 1 is 1.44 bits per heavy atom. The number of H-pyrrole nitrogens is 1. The lowest BCUT2D eigenvalue weighted by Gasteiger charge is -2.20. The lowest BCUT2D eigenvalue weighted by molar-refractivity contribution is 0.0723. The molecule has 0 unspecified atom stereocenters. The van der Waals surface area contributed by atoms with Crippen LogP contribution in [-0.2, 0) is 0 Å². The molecule has 1 heterocycles. The molecule has 0 spiro atoms. The number of nitrogens with two attached hydrogens (primary N) is 1. The van der Waals surface area contributed by atoms with Crippen molar-refractivity contribution in [2.75, 3.05) is 12.3 Å². The molecule has 0 radical (unpaired) electrons. The summed E-state index contributed by atoms with van der Waals surface area (Å²) in [7, 11) is 0. The number of carbonyl (C=O) groups is 1. The molecule has 0 aliphatic heterocycles. The van der Waals surface area contributed by atoms with Crippen molar-refractivity contribution in [3.05, 3.63) is 5.82 Å². The Morgan fingerprint density at radius 2 is 2.19 bits per heavy atom. The first-order chi connectivity index (χ1) is 7.74. The van der Waals surface area contributed by atoms with Crippen LogP contribution in [0.4, 0.5) is 5.95 Å². The largest absolute Gasteiger partial charge is 0.366 e. The number of nitrogens with zero attached hydrogens (tertiary/aromatic N) is 3. The molecule has 16 heavy (non-hydrogen) atoms. The molecule has 2 fully saturated rings. The van der Waals surface area contributed by atoms with Gasteiger partial charge in [-0.3, -0.25) is 9.89 Å². The van der Waals surface area contributed by atoms with Crippen molar-refractivity contribution >= 4 is 11.9 Å². The number of anilines is 1. The number of carbonyl (C=O) groups excluding carboxylic acids is 1. The van der Waals surface area contributed by atoms with Gasteiger partial charge in [-0.05, 0) is 31.6 Å². The third-order valence-electron chi connectivity index (χ3n) is 3.11. The molecule has 3 N–H and O–H groups in total. The fourth-order valence-electron chi connectivity index (χ4n) is 1.87. The van der Waals surface area contributed by atoms with E-state index in [4.69, 9.17) is 5.73 Å². The van der Waals surface area contributed by atoms with Crippen LogP contribution in [0.3, 0.4) is 0 Å². The normalized spacial score (nSPS) is 19.8. The van der Waals surface area contributed by atoms with Gasteiger partial charge >= 0.3 is 0 Å². The number of amides is 1. The number of hydrogen-bond donors (Lipinski definition) is 2. The highest BCUT2D eigenvalue weighted by Gasteiger charge is 2.37. The van der Waals surface area contributed by atoms with Gasteiger partial charge in [0.2, 0.25) is 11.8 Å². The summed E-state index contributed by atoms with van der Waals surface area (Å²) >= 11 is 0. The molecule has 2 saturated carbocycles. The Hall–Kier alpha value is -1.59. The van der Waals surface area contributed by atoms with Crippen LogP contribution in [0, 0.1) is 5.92 Å².